The standard InChI is InChI=1S/C12H12O4/c13-11(14)8-4-5-9-7(6-8)2-1-3-10(9)12(15)16/h4-6,10H,1-3H2,(H,13,14)(H,15,16). The first-order valence-corrected chi connectivity index (χ1v) is 5.18. The van der Waals surface area contributed by atoms with Crippen molar-refractivity contribution in [3.05, 3.63) is 34.9 Å². The van der Waals surface area contributed by atoms with E-state index in [0.29, 0.717) is 6.42 Å². The Bertz CT molecular complexity index is 450. The van der Waals surface area contributed by atoms with Crippen molar-refractivity contribution < 1.29 is 19.8 Å². The molecule has 0 saturated carbocycles. The minimum Gasteiger partial charge on any atom is -0.481 e. The SMILES string of the molecule is O=C(O)c1ccc2c(c1)CCCC2C(=O)O. The molecular weight excluding hydrogens is 208 g/mol. The number of carbonyl (C=O) groups is 2. The third-order valence-corrected chi connectivity index (χ3v) is 3.00. The van der Waals surface area contributed by atoms with Crippen molar-refractivity contribution in [2.45, 2.75) is 25.2 Å². The molecule has 1 atom stereocenters. The molecule has 0 bridgehead atoms. The summed E-state index contributed by atoms with van der Waals surface area (Å²) < 4.78 is 0. The largest absolute Gasteiger partial charge is 0.481 e. The van der Waals surface area contributed by atoms with Gasteiger partial charge >= 0.3 is 11.9 Å². The van der Waals surface area contributed by atoms with Gasteiger partial charge in [0.05, 0.1) is 11.5 Å². The van der Waals surface area contributed by atoms with Gasteiger partial charge in [-0.1, -0.05) is 6.07 Å². The van der Waals surface area contributed by atoms with Crippen LogP contribution in [0.2, 0.25) is 0 Å². The molecule has 2 rings (SSSR count). The monoisotopic (exact) mass is 220 g/mol. The zero-order valence-corrected chi connectivity index (χ0v) is 8.64. The van der Waals surface area contributed by atoms with Gasteiger partial charge in [0.25, 0.3) is 0 Å². The molecule has 4 nitrogen and oxygen atoms in total. The number of fused-ring (bicyclic) bond motifs is 1. The maximum Gasteiger partial charge on any atom is 0.335 e. The number of hydrogen-bond donors (Lipinski definition) is 2. The molecule has 0 saturated heterocycles. The van der Waals surface area contributed by atoms with E-state index >= 15 is 0 Å². The van der Waals surface area contributed by atoms with Crippen LogP contribution in [0, 0.1) is 0 Å². The van der Waals surface area contributed by atoms with Gasteiger partial charge in [0.15, 0.2) is 0 Å². The molecule has 1 aromatic carbocycles. The molecule has 0 fully saturated rings. The van der Waals surface area contributed by atoms with Crippen LogP contribution in [0.4, 0.5) is 0 Å². The first-order chi connectivity index (χ1) is 7.59. The minimum absolute atomic E-state index is 0.227. The summed E-state index contributed by atoms with van der Waals surface area (Å²) in [7, 11) is 0. The van der Waals surface area contributed by atoms with Crippen molar-refractivity contribution in [1.82, 2.24) is 0 Å². The molecule has 2 N–H and O–H groups in total. The molecule has 0 aromatic heterocycles. The summed E-state index contributed by atoms with van der Waals surface area (Å²) in [5.41, 5.74) is 1.85. The second-order valence-corrected chi connectivity index (χ2v) is 4.00. The summed E-state index contributed by atoms with van der Waals surface area (Å²) >= 11 is 0. The second-order valence-electron chi connectivity index (χ2n) is 4.00. The minimum atomic E-state index is -0.972. The van der Waals surface area contributed by atoms with Gasteiger partial charge in [-0.05, 0) is 42.5 Å². The summed E-state index contributed by atoms with van der Waals surface area (Å²) in [5, 5.41) is 17.9. The van der Waals surface area contributed by atoms with E-state index < -0.39 is 17.9 Å². The zero-order chi connectivity index (χ0) is 11.7. The topological polar surface area (TPSA) is 74.6 Å². The van der Waals surface area contributed by atoms with Gasteiger partial charge in [-0.15, -0.1) is 0 Å². The highest BCUT2D eigenvalue weighted by atomic mass is 16.4. The predicted molar refractivity (Wildman–Crippen MR) is 56.7 cm³/mol. The summed E-state index contributed by atoms with van der Waals surface area (Å²) in [6, 6.07) is 4.70. The van der Waals surface area contributed by atoms with Crippen LogP contribution < -0.4 is 0 Å². The first kappa shape index (κ1) is 10.7. The number of aliphatic carboxylic acids is 1. The lowest BCUT2D eigenvalue weighted by molar-refractivity contribution is -0.139. The summed E-state index contributed by atoms with van der Waals surface area (Å²) in [5.74, 6) is -2.28. The fraction of sp³-hybridized carbons (Fsp3) is 0.333. The summed E-state index contributed by atoms with van der Waals surface area (Å²) in [6.07, 6.45) is 2.20. The van der Waals surface area contributed by atoms with Crippen molar-refractivity contribution in [2.75, 3.05) is 0 Å². The van der Waals surface area contributed by atoms with E-state index in [1.807, 2.05) is 0 Å². The Morgan fingerprint density at radius 2 is 2.00 bits per heavy atom. The number of hydrogen-bond acceptors (Lipinski definition) is 2. The normalized spacial score (nSPS) is 18.9. The van der Waals surface area contributed by atoms with Crippen LogP contribution in [0.25, 0.3) is 0 Å². The quantitative estimate of drug-likeness (QED) is 0.798. The maximum atomic E-state index is 11.0. The number of aromatic carboxylic acids is 1. The van der Waals surface area contributed by atoms with Crippen LogP contribution in [0.15, 0.2) is 18.2 Å². The Balaban J connectivity index is 2.44. The van der Waals surface area contributed by atoms with E-state index in [-0.39, 0.29) is 5.56 Å². The van der Waals surface area contributed by atoms with Crippen LogP contribution in [0.3, 0.4) is 0 Å². The average Bonchev–Trinajstić information content (AvgIpc) is 2.27. The lowest BCUT2D eigenvalue weighted by Crippen LogP contribution is -2.18. The lowest BCUT2D eigenvalue weighted by atomic mass is 9.82. The molecule has 0 aliphatic heterocycles. The molecule has 1 aliphatic carbocycles. The van der Waals surface area contributed by atoms with Crippen LogP contribution in [0.5, 0.6) is 0 Å². The average molecular weight is 220 g/mol. The van der Waals surface area contributed by atoms with Crippen LogP contribution in [-0.4, -0.2) is 22.2 Å². The highest BCUT2D eigenvalue weighted by Crippen LogP contribution is 2.32. The smallest absolute Gasteiger partial charge is 0.335 e. The van der Waals surface area contributed by atoms with Crippen molar-refractivity contribution in [1.29, 1.82) is 0 Å². The molecule has 0 heterocycles. The van der Waals surface area contributed by atoms with Gasteiger partial charge in [0, 0.05) is 0 Å². The van der Waals surface area contributed by atoms with Gasteiger partial charge in [0.2, 0.25) is 0 Å². The lowest BCUT2D eigenvalue weighted by Gasteiger charge is -2.22. The number of rotatable bonds is 2. The van der Waals surface area contributed by atoms with Crippen LogP contribution in [-0.2, 0) is 11.2 Å². The van der Waals surface area contributed by atoms with Crippen molar-refractivity contribution >= 4 is 11.9 Å². The van der Waals surface area contributed by atoms with Crippen LogP contribution >= 0.6 is 0 Å². The van der Waals surface area contributed by atoms with Crippen molar-refractivity contribution in [3.8, 4) is 0 Å². The molecule has 16 heavy (non-hydrogen) atoms. The Labute approximate surface area is 92.5 Å². The highest BCUT2D eigenvalue weighted by molar-refractivity contribution is 5.88. The Morgan fingerprint density at radius 1 is 1.25 bits per heavy atom. The Morgan fingerprint density at radius 3 is 2.62 bits per heavy atom. The molecule has 4 heteroatoms. The Hall–Kier alpha value is -1.84. The van der Waals surface area contributed by atoms with Gasteiger partial charge in [-0.2, -0.15) is 0 Å². The third-order valence-electron chi connectivity index (χ3n) is 3.00. The first-order valence-electron chi connectivity index (χ1n) is 5.18. The highest BCUT2D eigenvalue weighted by Gasteiger charge is 2.26. The van der Waals surface area contributed by atoms with E-state index in [2.05, 4.69) is 0 Å². The fourth-order valence-electron chi connectivity index (χ4n) is 2.20. The van der Waals surface area contributed by atoms with Gasteiger partial charge in [-0.25, -0.2) is 4.79 Å². The Kier molecular flexibility index (Phi) is 2.64. The van der Waals surface area contributed by atoms with Gasteiger partial charge in [-0.3, -0.25) is 4.79 Å². The molecule has 0 amide bonds. The van der Waals surface area contributed by atoms with E-state index in [1.165, 1.54) is 6.07 Å². The van der Waals surface area contributed by atoms with Crippen LogP contribution in [0.1, 0.15) is 40.2 Å². The predicted octanol–water partition coefficient (Wildman–Crippen LogP) is 1.89. The molecule has 1 unspecified atom stereocenters. The van der Waals surface area contributed by atoms with E-state index in [4.69, 9.17) is 10.2 Å². The number of benzene rings is 1. The molecule has 1 aromatic rings. The number of carboxylic acid groups (broad SMARTS) is 2. The zero-order valence-electron chi connectivity index (χ0n) is 8.64. The van der Waals surface area contributed by atoms with E-state index in [0.717, 1.165) is 24.0 Å². The molecule has 0 spiro atoms. The fourth-order valence-corrected chi connectivity index (χ4v) is 2.20. The van der Waals surface area contributed by atoms with Crippen molar-refractivity contribution in [3.63, 3.8) is 0 Å². The molecule has 84 valence electrons. The summed E-state index contributed by atoms with van der Waals surface area (Å²) in [4.78, 5) is 21.8. The molecule has 0 radical (unpaired) electrons. The van der Waals surface area contributed by atoms with E-state index in [1.54, 1.807) is 12.1 Å². The number of aryl methyl sites for hydroxylation is 1. The maximum absolute atomic E-state index is 11.0. The van der Waals surface area contributed by atoms with Gasteiger partial charge < -0.3 is 10.2 Å². The third kappa shape index (κ3) is 1.78. The molecular formula is C12H12O4. The second kappa shape index (κ2) is 3.96. The van der Waals surface area contributed by atoms with Crippen molar-refractivity contribution in [2.24, 2.45) is 0 Å². The summed E-state index contributed by atoms with van der Waals surface area (Å²) in [6.45, 7) is 0. The molecule has 1 aliphatic rings. The number of carboxylic acids is 2. The van der Waals surface area contributed by atoms with E-state index in [9.17, 15) is 9.59 Å². The van der Waals surface area contributed by atoms with Gasteiger partial charge in [0.1, 0.15) is 0 Å².